The van der Waals surface area contributed by atoms with E-state index in [1.54, 1.807) is 26.4 Å². The topological polar surface area (TPSA) is 180 Å². The van der Waals surface area contributed by atoms with Crippen LogP contribution in [-0.4, -0.2) is 125 Å². The minimum Gasteiger partial charge on any atom is -0.508 e. The maximum atomic E-state index is 11.8. The van der Waals surface area contributed by atoms with E-state index >= 15 is 0 Å². The predicted molar refractivity (Wildman–Crippen MR) is 455 cm³/mol. The number of ether oxygens (including phenoxy) is 3. The van der Waals surface area contributed by atoms with Gasteiger partial charge >= 0.3 is 3.18 Å². The first-order chi connectivity index (χ1) is 53.0. The fourth-order valence-electron chi connectivity index (χ4n) is 15.1. The molecule has 0 saturated carbocycles. The molecule has 4 aliphatic carbocycles. The number of anilines is 1. The molecule has 0 bridgehead atoms. The van der Waals surface area contributed by atoms with Crippen LogP contribution in [0.15, 0.2) is 194 Å². The highest BCUT2D eigenvalue weighted by Crippen LogP contribution is 2.40. The number of aromatic nitrogens is 6. The van der Waals surface area contributed by atoms with Crippen molar-refractivity contribution in [2.24, 2.45) is 11.8 Å². The largest absolute Gasteiger partial charge is 0.508 e. The molecule has 0 amide bonds. The second-order valence-corrected chi connectivity index (χ2v) is 34.6. The number of Topliss-reactive ketones (excluding diaryl/α,β-unsaturated/α-hetero) is 2. The van der Waals surface area contributed by atoms with Crippen LogP contribution in [0.5, 0.6) is 23.0 Å². The molecule has 109 heavy (non-hydrogen) atoms. The monoisotopic (exact) mass is 1670 g/mol. The Morgan fingerprint density at radius 2 is 0.853 bits per heavy atom. The smallest absolute Gasteiger partial charge is 0.369 e. The van der Waals surface area contributed by atoms with Gasteiger partial charge in [0.2, 0.25) is 0 Å². The number of rotatable bonds is 15. The highest BCUT2D eigenvalue weighted by atomic mass is 79.9. The second-order valence-electron chi connectivity index (χ2n) is 27.8. The lowest BCUT2D eigenvalue weighted by atomic mass is 9.81. The van der Waals surface area contributed by atoms with Gasteiger partial charge in [0.15, 0.2) is 5.78 Å². The highest BCUT2D eigenvalue weighted by molar-refractivity contribution is 9.69. The summed E-state index contributed by atoms with van der Waals surface area (Å²) in [7, 11) is 3.32. The van der Waals surface area contributed by atoms with E-state index in [-0.39, 0.29) is 20.5 Å². The van der Waals surface area contributed by atoms with Crippen molar-refractivity contribution in [1.29, 1.82) is 0 Å². The first-order valence-electron chi connectivity index (χ1n) is 37.9. The number of fused-ring (bicyclic) bond motifs is 10. The van der Waals surface area contributed by atoms with Crippen LogP contribution in [0.1, 0.15) is 118 Å². The average Bonchev–Trinajstić information content (AvgIpc) is 1.64. The van der Waals surface area contributed by atoms with Crippen molar-refractivity contribution >= 4 is 79.3 Å². The molecule has 5 heterocycles. The molecule has 21 heteroatoms. The Morgan fingerprint density at radius 1 is 0.505 bits per heavy atom. The maximum absolute atomic E-state index is 11.8. The number of hydrogen-bond donors (Lipinski definition) is 3. The number of hydrogen-bond acceptors (Lipinski definition) is 13. The molecule has 0 spiro atoms. The van der Waals surface area contributed by atoms with Gasteiger partial charge in [0, 0.05) is 57.1 Å². The summed E-state index contributed by atoms with van der Waals surface area (Å²) in [5.41, 5.74) is 27.6. The predicted octanol–water partition coefficient (Wildman–Crippen LogP) is 19.3. The number of alkyl halides is 1. The van der Waals surface area contributed by atoms with Crippen LogP contribution in [-0.2, 0) is 49.7 Å². The van der Waals surface area contributed by atoms with Gasteiger partial charge in [-0.15, -0.1) is 58.9 Å². The van der Waals surface area contributed by atoms with E-state index < -0.39 is 5.92 Å². The zero-order valence-corrected chi connectivity index (χ0v) is 68.9. The Kier molecular flexibility index (Phi) is 30.1. The minimum atomic E-state index is -0.398. The third-order valence-corrected chi connectivity index (χ3v) is 21.0. The van der Waals surface area contributed by atoms with Crippen LogP contribution in [0, 0.1) is 26.7 Å². The number of nitrogen functional groups attached to an aromatic ring is 1. The molecule has 4 N–H and O–H groups in total. The summed E-state index contributed by atoms with van der Waals surface area (Å²) >= 11 is 14.9. The number of carbonyl (C=O) groups is 2. The second kappa shape index (κ2) is 40.4. The van der Waals surface area contributed by atoms with Crippen molar-refractivity contribution in [3.63, 3.8) is 0 Å². The van der Waals surface area contributed by atoms with Crippen LogP contribution in [0.3, 0.4) is 0 Å². The van der Waals surface area contributed by atoms with Gasteiger partial charge in [0.05, 0.1) is 78.0 Å². The van der Waals surface area contributed by atoms with Crippen molar-refractivity contribution in [1.82, 2.24) is 39.1 Å². The fraction of sp³-hybridized carbons (Fsp3) is 0.330. The Morgan fingerprint density at radius 3 is 1.23 bits per heavy atom. The first-order valence-corrected chi connectivity index (χ1v) is 41.2. The SMILES string of the molecule is BrB(Br)Br.CC(=O)C1CCc2ccccc2C1=O.COc1ccc(-n2nc(C)c3c2-c2ccccc2CC3)cc1.COc1ccc(NN)cc1.Cc1nn(-c2ccc(O)cc2)c2c1CCc1ccccc1-2.Cc1nn(-c2ccc(OCCCN3CCCC3)cc2)c2c1CCc1ccccc1-2.ClCCCN1CCCC1. The van der Waals surface area contributed by atoms with E-state index in [1.165, 1.54) is 132 Å². The molecule has 2 aliphatic heterocycles. The summed E-state index contributed by atoms with van der Waals surface area (Å²) in [6.45, 7) is 16.1. The zero-order chi connectivity index (χ0) is 76.8. The summed E-state index contributed by atoms with van der Waals surface area (Å²) in [6, 6.07) is 64.5. The van der Waals surface area contributed by atoms with Crippen LogP contribution in [0.2, 0.25) is 0 Å². The van der Waals surface area contributed by atoms with Gasteiger partial charge in [-0.2, -0.15) is 15.3 Å². The van der Waals surface area contributed by atoms with Gasteiger partial charge in [-0.3, -0.25) is 15.4 Å². The van der Waals surface area contributed by atoms with Gasteiger partial charge in [-0.1, -0.05) is 97.1 Å². The van der Waals surface area contributed by atoms with Gasteiger partial charge < -0.3 is 34.5 Å². The van der Waals surface area contributed by atoms with Gasteiger partial charge in [0.1, 0.15) is 28.8 Å². The number of phenolic OH excluding ortho intramolecular Hbond substituents is 1. The Balaban J connectivity index is 0.000000134. The number of benzene rings is 8. The quantitative estimate of drug-likeness (QED) is 0.0221. The van der Waals surface area contributed by atoms with Crippen LogP contribution < -0.4 is 25.5 Å². The molecule has 1 unspecified atom stereocenters. The number of ketones is 2. The molecule has 16 nitrogen and oxygen atoms in total. The number of likely N-dealkylation sites (tertiary alicyclic amines) is 2. The third kappa shape index (κ3) is 21.3. The van der Waals surface area contributed by atoms with Crippen molar-refractivity contribution in [2.75, 3.05) is 71.4 Å². The van der Waals surface area contributed by atoms with E-state index in [0.717, 1.165) is 145 Å². The van der Waals surface area contributed by atoms with Crippen LogP contribution >= 0.6 is 58.9 Å². The lowest BCUT2D eigenvalue weighted by Crippen LogP contribution is -2.27. The number of nitrogens with one attached hydrogen (secondary N) is 1. The van der Waals surface area contributed by atoms with E-state index in [0.29, 0.717) is 6.42 Å². The Labute approximate surface area is 672 Å². The van der Waals surface area contributed by atoms with Gasteiger partial charge in [-0.05, 0) is 270 Å². The molecule has 1 atom stereocenters. The number of halogens is 4. The van der Waals surface area contributed by atoms with E-state index in [4.69, 9.17) is 47.0 Å². The first kappa shape index (κ1) is 81.4. The number of nitrogens with two attached hydrogens (primary N) is 1. The van der Waals surface area contributed by atoms with Crippen molar-refractivity contribution < 1.29 is 28.9 Å². The number of nitrogens with zero attached hydrogens (tertiary/aromatic N) is 8. The summed E-state index contributed by atoms with van der Waals surface area (Å²) in [5, 5.41) is 23.9. The van der Waals surface area contributed by atoms with Crippen molar-refractivity contribution in [2.45, 2.75) is 118 Å². The normalized spacial score (nSPS) is 14.7. The lowest BCUT2D eigenvalue weighted by molar-refractivity contribution is -0.119. The van der Waals surface area contributed by atoms with Crippen LogP contribution in [0.25, 0.3) is 50.8 Å². The molecule has 8 aromatic carbocycles. The molecule has 2 fully saturated rings. The maximum Gasteiger partial charge on any atom is 0.369 e. The fourth-order valence-corrected chi connectivity index (χ4v) is 15.2. The van der Waals surface area contributed by atoms with E-state index in [1.807, 2.05) is 77.5 Å². The molecule has 568 valence electrons. The van der Waals surface area contributed by atoms with Crippen LogP contribution in [0.4, 0.5) is 5.69 Å². The summed E-state index contributed by atoms with van der Waals surface area (Å²) in [5.74, 6) is 8.47. The zero-order valence-electron chi connectivity index (χ0n) is 63.3. The average molecular weight is 1680 g/mol. The highest BCUT2D eigenvalue weighted by Gasteiger charge is 2.31. The van der Waals surface area contributed by atoms with Crippen molar-refractivity contribution in [3.8, 4) is 73.8 Å². The summed E-state index contributed by atoms with van der Waals surface area (Å²) in [6.07, 6.45) is 15.7. The number of methoxy groups -OCH3 is 2. The lowest BCUT2D eigenvalue weighted by Gasteiger charge is -2.20. The third-order valence-electron chi connectivity index (χ3n) is 20.7. The van der Waals surface area contributed by atoms with Gasteiger partial charge in [-0.25, -0.2) is 14.0 Å². The number of aromatic hydroxyl groups is 1. The Hall–Kier alpha value is -8.60. The number of phenols is 1. The molecule has 3 aromatic heterocycles. The molecular weight excluding hydrogens is 1580 g/mol. The standard InChI is InChI=1S/C25H29N3O.C19H18N2O.C18H16N2O.C12H12O2.C7H14ClN.C7H10N2O.BBr3/c1-19-23-14-9-20-7-2-3-8-24(20)25(23)28(26-19)21-10-12-22(13-11-21)29-18-6-17-27-15-4-5-16-27;1-13-17-12-7-14-5-3-4-6-18(14)19(17)21(20-13)15-8-10-16(22-2)11-9-15;1-12-16-11-6-13-4-2-3-5-17(13)18(16)20(19-12)14-7-9-15(21)10-8-14;1-8(13)10-7-6-9-4-2-3-5-11(9)12(10)14;8-4-3-7-9-5-1-2-6-9;1-10-7-4-2-6(9-8)3-5-7;2-1(3)4/h2-3,7-8,10-13H,4-6,9,14-18H2,1H3;3-6,8-11H,7,12H2,1-2H3;2-5,7-10,21H,6,11H2,1H3;2-5,10H,6-7H2,1H3;1-7H2;2-5,9H,8H2,1H3;. The van der Waals surface area contributed by atoms with E-state index in [2.05, 4.69) is 202 Å². The summed E-state index contributed by atoms with van der Waals surface area (Å²) < 4.78 is 22.6. The number of carbonyl (C=O) groups excluding carboxylic acids is 2. The summed E-state index contributed by atoms with van der Waals surface area (Å²) in [4.78, 5) is 28.1. The number of aryl methyl sites for hydroxylation is 7. The Bertz CT molecular complexity index is 4740. The van der Waals surface area contributed by atoms with Gasteiger partial charge in [0.25, 0.3) is 0 Å². The molecule has 11 aromatic rings. The molecule has 6 aliphatic rings. The molecule has 0 radical (unpaired) electrons. The molecular formula is C88H99BBr3ClN10O6. The minimum absolute atomic E-state index is 0.000602. The molecule has 17 rings (SSSR count). The van der Waals surface area contributed by atoms with E-state index in [9.17, 15) is 14.7 Å². The number of hydrazine groups is 1. The van der Waals surface area contributed by atoms with Crippen molar-refractivity contribution in [3.05, 3.63) is 256 Å². The molecule has 2 saturated heterocycles.